The van der Waals surface area contributed by atoms with Gasteiger partial charge in [-0.2, -0.15) is 5.10 Å². The molecular formula is C20H23N5O4. The second-order valence-corrected chi connectivity index (χ2v) is 7.30. The summed E-state index contributed by atoms with van der Waals surface area (Å²) in [6.45, 7) is 9.64. The van der Waals surface area contributed by atoms with E-state index in [9.17, 15) is 14.9 Å². The molecule has 0 spiro atoms. The van der Waals surface area contributed by atoms with E-state index in [4.69, 9.17) is 4.52 Å². The molecule has 0 aliphatic carbocycles. The van der Waals surface area contributed by atoms with Gasteiger partial charge in [0, 0.05) is 5.92 Å². The Morgan fingerprint density at radius 1 is 1.24 bits per heavy atom. The molecule has 9 heteroatoms. The van der Waals surface area contributed by atoms with Crippen molar-refractivity contribution in [1.82, 2.24) is 14.9 Å². The zero-order chi connectivity index (χ0) is 21.3. The number of nitro groups is 1. The number of carbonyl (C=O) groups excluding carboxylic acids is 1. The maximum Gasteiger partial charge on any atom is 0.344 e. The molecule has 0 saturated carbocycles. The third kappa shape index (κ3) is 4.03. The van der Waals surface area contributed by atoms with E-state index in [2.05, 4.69) is 15.6 Å². The monoisotopic (exact) mass is 397 g/mol. The Morgan fingerprint density at radius 2 is 1.90 bits per heavy atom. The van der Waals surface area contributed by atoms with Crippen LogP contribution in [0.3, 0.4) is 0 Å². The Balaban J connectivity index is 1.87. The van der Waals surface area contributed by atoms with Gasteiger partial charge in [0.25, 0.3) is 5.91 Å². The van der Waals surface area contributed by atoms with Crippen molar-refractivity contribution >= 4 is 17.3 Å². The van der Waals surface area contributed by atoms with Gasteiger partial charge in [-0.1, -0.05) is 48.8 Å². The molecule has 1 amide bonds. The van der Waals surface area contributed by atoms with Crippen molar-refractivity contribution in [2.75, 3.05) is 5.32 Å². The SMILES string of the molecule is Cc1ccc(Cn2nc(C)c(NC(=O)c3noc(C(C)C)c3[N+](=O)[O-])c2C)cc1. The highest BCUT2D eigenvalue weighted by atomic mass is 16.6. The topological polar surface area (TPSA) is 116 Å². The van der Waals surface area contributed by atoms with E-state index in [0.29, 0.717) is 17.9 Å². The lowest BCUT2D eigenvalue weighted by Crippen LogP contribution is -2.15. The van der Waals surface area contributed by atoms with Crippen molar-refractivity contribution in [1.29, 1.82) is 0 Å². The largest absolute Gasteiger partial charge is 0.353 e. The molecule has 2 aromatic heterocycles. The van der Waals surface area contributed by atoms with Crippen molar-refractivity contribution in [2.24, 2.45) is 0 Å². The molecule has 0 aliphatic heterocycles. The summed E-state index contributed by atoms with van der Waals surface area (Å²) in [5.74, 6) is -0.901. The summed E-state index contributed by atoms with van der Waals surface area (Å²) in [6.07, 6.45) is 0. The molecule has 0 fully saturated rings. The van der Waals surface area contributed by atoms with Crippen LogP contribution in [0.15, 0.2) is 28.8 Å². The Labute approximate surface area is 167 Å². The summed E-state index contributed by atoms with van der Waals surface area (Å²) in [5, 5.41) is 22.3. The molecule has 0 atom stereocenters. The fourth-order valence-corrected chi connectivity index (χ4v) is 3.07. The first-order chi connectivity index (χ1) is 13.7. The van der Waals surface area contributed by atoms with Gasteiger partial charge in [0.15, 0.2) is 0 Å². The average Bonchev–Trinajstić information content (AvgIpc) is 3.21. The van der Waals surface area contributed by atoms with Crippen molar-refractivity contribution in [3.8, 4) is 0 Å². The summed E-state index contributed by atoms with van der Waals surface area (Å²) in [6, 6.07) is 8.10. The minimum Gasteiger partial charge on any atom is -0.353 e. The number of aryl methyl sites for hydroxylation is 2. The van der Waals surface area contributed by atoms with Crippen molar-refractivity contribution in [2.45, 2.75) is 47.1 Å². The van der Waals surface area contributed by atoms with Gasteiger partial charge < -0.3 is 9.84 Å². The minimum absolute atomic E-state index is 0.0728. The van der Waals surface area contributed by atoms with Crippen LogP contribution in [-0.4, -0.2) is 25.8 Å². The predicted octanol–water partition coefficient (Wildman–Crippen LogP) is 4.13. The Morgan fingerprint density at radius 3 is 2.48 bits per heavy atom. The van der Waals surface area contributed by atoms with Gasteiger partial charge in [0.05, 0.1) is 28.5 Å². The highest BCUT2D eigenvalue weighted by Crippen LogP contribution is 2.31. The Kier molecular flexibility index (Phi) is 5.49. The molecular weight excluding hydrogens is 374 g/mol. The molecule has 0 radical (unpaired) electrons. The Hall–Kier alpha value is -3.49. The number of rotatable bonds is 6. The fraction of sp³-hybridized carbons (Fsp3) is 0.350. The molecule has 0 aliphatic rings. The molecule has 29 heavy (non-hydrogen) atoms. The number of benzene rings is 1. The van der Waals surface area contributed by atoms with Gasteiger partial charge in [-0.15, -0.1) is 0 Å². The first kappa shape index (κ1) is 20.2. The van der Waals surface area contributed by atoms with Gasteiger partial charge >= 0.3 is 5.69 Å². The van der Waals surface area contributed by atoms with Crippen LogP contribution in [-0.2, 0) is 6.54 Å². The van der Waals surface area contributed by atoms with E-state index >= 15 is 0 Å². The highest BCUT2D eigenvalue weighted by Gasteiger charge is 2.33. The lowest BCUT2D eigenvalue weighted by atomic mass is 10.1. The van der Waals surface area contributed by atoms with Crippen LogP contribution in [0.2, 0.25) is 0 Å². The van der Waals surface area contributed by atoms with E-state index in [1.54, 1.807) is 25.5 Å². The molecule has 9 nitrogen and oxygen atoms in total. The standard InChI is InChI=1S/C20H23N5O4/c1-11(2)19-18(25(27)28)17(23-29-19)20(26)21-16-13(4)22-24(14(16)5)10-15-8-6-12(3)7-9-15/h6-9,11H,10H2,1-5H3,(H,21,26). The van der Waals surface area contributed by atoms with E-state index in [1.165, 1.54) is 5.56 Å². The number of nitrogens with zero attached hydrogens (tertiary/aromatic N) is 4. The van der Waals surface area contributed by atoms with Gasteiger partial charge in [-0.3, -0.25) is 19.6 Å². The van der Waals surface area contributed by atoms with Gasteiger partial charge in [-0.05, 0) is 26.3 Å². The molecule has 0 unspecified atom stereocenters. The number of anilines is 1. The maximum atomic E-state index is 12.7. The second kappa shape index (κ2) is 7.86. The van der Waals surface area contributed by atoms with Crippen LogP contribution in [0, 0.1) is 30.9 Å². The van der Waals surface area contributed by atoms with E-state index in [0.717, 1.165) is 11.3 Å². The second-order valence-electron chi connectivity index (χ2n) is 7.30. The van der Waals surface area contributed by atoms with Crippen LogP contribution in [0.5, 0.6) is 0 Å². The molecule has 0 saturated heterocycles. The normalized spacial score (nSPS) is 11.1. The average molecular weight is 397 g/mol. The van der Waals surface area contributed by atoms with Gasteiger partial charge in [0.2, 0.25) is 11.5 Å². The zero-order valence-corrected chi connectivity index (χ0v) is 17.0. The first-order valence-corrected chi connectivity index (χ1v) is 9.23. The number of amides is 1. The summed E-state index contributed by atoms with van der Waals surface area (Å²) >= 11 is 0. The number of carbonyl (C=O) groups is 1. The van der Waals surface area contributed by atoms with Crippen molar-refractivity contribution in [3.05, 3.63) is 68.3 Å². The molecule has 152 valence electrons. The maximum absolute atomic E-state index is 12.7. The Bertz CT molecular complexity index is 1060. The van der Waals surface area contributed by atoms with Crippen LogP contribution in [0.4, 0.5) is 11.4 Å². The molecule has 3 aromatic rings. The number of hydrogen-bond donors (Lipinski definition) is 1. The highest BCUT2D eigenvalue weighted by molar-refractivity contribution is 6.06. The quantitative estimate of drug-likeness (QED) is 0.494. The van der Waals surface area contributed by atoms with Crippen LogP contribution in [0.1, 0.15) is 58.5 Å². The van der Waals surface area contributed by atoms with E-state index < -0.39 is 16.5 Å². The van der Waals surface area contributed by atoms with Crippen LogP contribution < -0.4 is 5.32 Å². The van der Waals surface area contributed by atoms with Crippen LogP contribution in [0.25, 0.3) is 0 Å². The lowest BCUT2D eigenvalue weighted by molar-refractivity contribution is -0.386. The number of nitrogens with one attached hydrogen (secondary N) is 1. The van der Waals surface area contributed by atoms with Crippen molar-refractivity contribution in [3.63, 3.8) is 0 Å². The molecule has 2 heterocycles. The number of hydrogen-bond acceptors (Lipinski definition) is 6. The zero-order valence-electron chi connectivity index (χ0n) is 17.0. The summed E-state index contributed by atoms with van der Waals surface area (Å²) in [4.78, 5) is 23.5. The summed E-state index contributed by atoms with van der Waals surface area (Å²) < 4.78 is 6.84. The predicted molar refractivity (Wildman–Crippen MR) is 107 cm³/mol. The minimum atomic E-state index is -0.701. The fourth-order valence-electron chi connectivity index (χ4n) is 3.07. The summed E-state index contributed by atoms with van der Waals surface area (Å²) in [5.41, 5.74) is 3.36. The van der Waals surface area contributed by atoms with Gasteiger partial charge in [-0.25, -0.2) is 0 Å². The van der Waals surface area contributed by atoms with Crippen molar-refractivity contribution < 1.29 is 14.2 Å². The van der Waals surface area contributed by atoms with Crippen LogP contribution >= 0.6 is 0 Å². The smallest absolute Gasteiger partial charge is 0.344 e. The number of aromatic nitrogens is 3. The lowest BCUT2D eigenvalue weighted by Gasteiger charge is -2.07. The third-order valence-electron chi connectivity index (χ3n) is 4.69. The molecule has 1 aromatic carbocycles. The third-order valence-corrected chi connectivity index (χ3v) is 4.69. The molecule has 0 bridgehead atoms. The molecule has 1 N–H and O–H groups in total. The first-order valence-electron chi connectivity index (χ1n) is 9.23. The summed E-state index contributed by atoms with van der Waals surface area (Å²) in [7, 11) is 0. The molecule has 3 rings (SSSR count). The van der Waals surface area contributed by atoms with E-state index in [-0.39, 0.29) is 17.4 Å². The van der Waals surface area contributed by atoms with E-state index in [1.807, 2.05) is 38.1 Å². The van der Waals surface area contributed by atoms with Gasteiger partial charge in [0.1, 0.15) is 0 Å².